The van der Waals surface area contributed by atoms with Gasteiger partial charge in [0.15, 0.2) is 5.78 Å². The summed E-state index contributed by atoms with van der Waals surface area (Å²) in [4.78, 5) is 12.7. The Kier molecular flexibility index (Phi) is 11.1. The third kappa shape index (κ3) is 9.19. The number of carbonyl (C=O) groups is 1. The van der Waals surface area contributed by atoms with E-state index in [0.29, 0.717) is 23.1 Å². The number of hydrogen-bond acceptors (Lipinski definition) is 2. The molecule has 1 nitrogen and oxygen atoms in total. The van der Waals surface area contributed by atoms with Crippen LogP contribution in [0.15, 0.2) is 36.4 Å². The van der Waals surface area contributed by atoms with E-state index < -0.39 is 24.0 Å². The topological polar surface area (TPSA) is 17.1 Å². The zero-order chi connectivity index (χ0) is 27.3. The van der Waals surface area contributed by atoms with Crippen molar-refractivity contribution in [1.82, 2.24) is 0 Å². The fraction of sp³-hybridized carbons (Fsp3) is 0.400. The number of halogens is 9. The Balaban J connectivity index is 2.21. The summed E-state index contributed by atoms with van der Waals surface area (Å²) in [5.41, 5.74) is 1.33. The van der Waals surface area contributed by atoms with Crippen molar-refractivity contribution in [1.29, 1.82) is 0 Å². The highest BCUT2D eigenvalue weighted by Gasteiger charge is 2.39. The molecular formula is C25H23Cl3F6OS. The van der Waals surface area contributed by atoms with Crippen molar-refractivity contribution in [3.63, 3.8) is 0 Å². The highest BCUT2D eigenvalue weighted by Crippen LogP contribution is 2.41. The number of alkyl halides is 6. The van der Waals surface area contributed by atoms with Gasteiger partial charge >= 0.3 is 12.4 Å². The number of ketones is 1. The Bertz CT molecular complexity index is 1080. The van der Waals surface area contributed by atoms with Crippen LogP contribution in [0.5, 0.6) is 0 Å². The molecule has 2 rings (SSSR count). The summed E-state index contributed by atoms with van der Waals surface area (Å²) >= 11 is 18.4. The number of Topliss-reactive ketones (excluding diaryl/α,β-unsaturated/α-hetero) is 1. The van der Waals surface area contributed by atoms with Gasteiger partial charge in [-0.15, -0.1) is 0 Å². The average Bonchev–Trinajstić information content (AvgIpc) is 2.75. The predicted octanol–water partition coefficient (Wildman–Crippen LogP) is 10.1. The first kappa shape index (κ1) is 30.9. The van der Waals surface area contributed by atoms with Gasteiger partial charge in [0, 0.05) is 12.0 Å². The molecule has 0 aliphatic heterocycles. The number of benzene rings is 2. The fourth-order valence-electron chi connectivity index (χ4n) is 3.51. The van der Waals surface area contributed by atoms with Crippen LogP contribution in [0.25, 0.3) is 6.08 Å². The maximum absolute atomic E-state index is 13.8. The smallest absolute Gasteiger partial charge is 0.294 e. The molecule has 0 saturated heterocycles. The molecule has 0 aromatic heterocycles. The number of hydrogen-bond donors (Lipinski definition) is 0. The van der Waals surface area contributed by atoms with Crippen LogP contribution in [0.1, 0.15) is 53.2 Å². The van der Waals surface area contributed by atoms with Gasteiger partial charge in [-0.2, -0.15) is 38.1 Å². The van der Waals surface area contributed by atoms with E-state index in [1.807, 2.05) is 0 Å². The molecule has 2 aromatic carbocycles. The molecule has 0 N–H and O–H groups in total. The second kappa shape index (κ2) is 12.9. The molecule has 36 heavy (non-hydrogen) atoms. The summed E-state index contributed by atoms with van der Waals surface area (Å²) in [5, 5.41) is -0.221. The van der Waals surface area contributed by atoms with E-state index in [0.717, 1.165) is 30.0 Å². The molecule has 11 heteroatoms. The average molecular weight is 592 g/mol. The van der Waals surface area contributed by atoms with E-state index in [4.69, 9.17) is 34.8 Å². The minimum absolute atomic E-state index is 0.0342. The van der Waals surface area contributed by atoms with Crippen molar-refractivity contribution in [2.24, 2.45) is 5.92 Å². The summed E-state index contributed by atoms with van der Waals surface area (Å²) in [7, 11) is 0. The molecule has 2 aromatic rings. The normalized spacial score (nSPS) is 14.3. The van der Waals surface area contributed by atoms with Gasteiger partial charge in [-0.05, 0) is 46.9 Å². The molecule has 0 spiro atoms. The van der Waals surface area contributed by atoms with Crippen molar-refractivity contribution in [3.05, 3.63) is 73.7 Å². The second-order valence-corrected chi connectivity index (χ2v) is 10.5. The van der Waals surface area contributed by atoms with Crippen LogP contribution in [-0.2, 0) is 6.42 Å². The Hall–Kier alpha value is -1.35. The lowest BCUT2D eigenvalue weighted by atomic mass is 9.93. The van der Waals surface area contributed by atoms with Gasteiger partial charge in [0.2, 0.25) is 0 Å². The van der Waals surface area contributed by atoms with E-state index in [2.05, 4.69) is 0 Å². The van der Waals surface area contributed by atoms with Crippen LogP contribution in [0.4, 0.5) is 26.3 Å². The lowest BCUT2D eigenvalue weighted by molar-refractivity contribution is -0.139. The van der Waals surface area contributed by atoms with Crippen molar-refractivity contribution in [2.75, 3.05) is 11.5 Å². The zero-order valence-electron chi connectivity index (χ0n) is 19.2. The maximum atomic E-state index is 13.8. The number of aryl methyl sites for hydroxylation is 1. The highest BCUT2D eigenvalue weighted by atomic mass is 35.5. The van der Waals surface area contributed by atoms with E-state index >= 15 is 0 Å². The Labute approximate surface area is 225 Å². The molecule has 0 aliphatic carbocycles. The first-order valence-corrected chi connectivity index (χ1v) is 13.1. The lowest BCUT2D eigenvalue weighted by Crippen LogP contribution is -2.19. The van der Waals surface area contributed by atoms with E-state index in [1.165, 1.54) is 18.2 Å². The third-order valence-corrected chi connectivity index (χ3v) is 7.74. The van der Waals surface area contributed by atoms with Gasteiger partial charge in [-0.25, -0.2) is 0 Å². The molecule has 2 atom stereocenters. The second-order valence-electron chi connectivity index (χ2n) is 8.31. The van der Waals surface area contributed by atoms with Crippen LogP contribution < -0.4 is 0 Å². The molecule has 0 saturated carbocycles. The van der Waals surface area contributed by atoms with Crippen LogP contribution in [0.3, 0.4) is 0 Å². The number of rotatable bonds is 10. The minimum Gasteiger partial charge on any atom is -0.294 e. The third-order valence-electron chi connectivity index (χ3n) is 5.21. The van der Waals surface area contributed by atoms with Crippen molar-refractivity contribution in [3.8, 4) is 0 Å². The van der Waals surface area contributed by atoms with Crippen molar-refractivity contribution >= 4 is 58.4 Å². The summed E-state index contributed by atoms with van der Waals surface area (Å²) in [6.07, 6.45) is -6.08. The van der Waals surface area contributed by atoms with Gasteiger partial charge < -0.3 is 0 Å². The molecule has 0 amide bonds. The van der Waals surface area contributed by atoms with Gasteiger partial charge in [-0.3, -0.25) is 4.79 Å². The molecule has 0 fully saturated rings. The SMILES string of the molecule is CCc1cc(/C=C/C(c2cc(Cl)c(Cl)c(Cl)c2)C(F)(F)F)ccc1C(=O)C[C@H](C)CSCC(F)(F)F. The fourth-order valence-corrected chi connectivity index (χ4v) is 5.00. The van der Waals surface area contributed by atoms with Gasteiger partial charge in [0.05, 0.1) is 26.7 Å². The quantitative estimate of drug-likeness (QED) is 0.155. The predicted molar refractivity (Wildman–Crippen MR) is 137 cm³/mol. The molecular weight excluding hydrogens is 569 g/mol. The van der Waals surface area contributed by atoms with Crippen molar-refractivity contribution < 1.29 is 31.1 Å². The first-order valence-electron chi connectivity index (χ1n) is 10.8. The molecule has 0 heterocycles. The monoisotopic (exact) mass is 590 g/mol. The summed E-state index contributed by atoms with van der Waals surface area (Å²) < 4.78 is 78.3. The lowest BCUT2D eigenvalue weighted by Gasteiger charge is -2.18. The number of allylic oxidation sites excluding steroid dienone is 1. The van der Waals surface area contributed by atoms with Crippen LogP contribution in [-0.4, -0.2) is 29.6 Å². The molecule has 1 unspecified atom stereocenters. The summed E-state index contributed by atoms with van der Waals surface area (Å²) in [6, 6.07) is 6.93. The van der Waals surface area contributed by atoms with E-state index in [1.54, 1.807) is 19.9 Å². The standard InChI is InChI=1S/C25H23Cl3F6OS/c1-3-16-9-15(4-6-18(16)22(35)8-14(2)12-36-13-24(29,30)31)5-7-19(25(32,33)34)17-10-20(26)23(28)21(27)11-17/h4-7,9-11,14,19H,3,8,12-13H2,1-2H3/b7-5+/t14-,19?/m0/s1. The molecule has 0 radical (unpaired) electrons. The van der Waals surface area contributed by atoms with Gasteiger partial charge in [0.1, 0.15) is 0 Å². The van der Waals surface area contributed by atoms with Crippen LogP contribution in [0.2, 0.25) is 15.1 Å². The molecule has 0 bridgehead atoms. The van der Waals surface area contributed by atoms with Gasteiger partial charge in [-0.1, -0.05) is 79.0 Å². The van der Waals surface area contributed by atoms with Gasteiger partial charge in [0.25, 0.3) is 0 Å². The summed E-state index contributed by atoms with van der Waals surface area (Å²) in [5.74, 6) is -3.27. The molecule has 0 aliphatic rings. The largest absolute Gasteiger partial charge is 0.399 e. The number of carbonyl (C=O) groups excluding carboxylic acids is 1. The van der Waals surface area contributed by atoms with E-state index in [-0.39, 0.29) is 44.5 Å². The van der Waals surface area contributed by atoms with Crippen LogP contribution in [0, 0.1) is 5.92 Å². The maximum Gasteiger partial charge on any atom is 0.399 e. The first-order chi connectivity index (χ1) is 16.6. The number of thioether (sulfide) groups is 1. The Morgan fingerprint density at radius 1 is 1.03 bits per heavy atom. The highest BCUT2D eigenvalue weighted by molar-refractivity contribution is 7.99. The Morgan fingerprint density at radius 2 is 1.64 bits per heavy atom. The summed E-state index contributed by atoms with van der Waals surface area (Å²) in [6.45, 7) is 3.51. The van der Waals surface area contributed by atoms with Crippen molar-refractivity contribution in [2.45, 2.75) is 45.0 Å². The van der Waals surface area contributed by atoms with E-state index in [9.17, 15) is 31.1 Å². The minimum atomic E-state index is -4.62. The zero-order valence-corrected chi connectivity index (χ0v) is 22.3. The van der Waals surface area contributed by atoms with Crippen LogP contribution >= 0.6 is 46.6 Å². The Morgan fingerprint density at radius 3 is 2.17 bits per heavy atom. The molecule has 198 valence electrons.